The van der Waals surface area contributed by atoms with Crippen molar-refractivity contribution in [2.45, 2.75) is 30.2 Å². The van der Waals surface area contributed by atoms with Gasteiger partial charge in [-0.3, -0.25) is 14.3 Å². The third kappa shape index (κ3) is 4.85. The van der Waals surface area contributed by atoms with Crippen molar-refractivity contribution in [3.63, 3.8) is 0 Å². The van der Waals surface area contributed by atoms with Gasteiger partial charge in [0.2, 0.25) is 5.43 Å². The van der Waals surface area contributed by atoms with E-state index >= 15 is 0 Å². The monoisotopic (exact) mass is 480 g/mol. The number of alkyl halides is 3. The summed E-state index contributed by atoms with van der Waals surface area (Å²) in [5.41, 5.74) is 4.81. The van der Waals surface area contributed by atoms with E-state index in [1.54, 1.807) is 0 Å². The summed E-state index contributed by atoms with van der Waals surface area (Å²) in [5.74, 6) is 0.00421. The fourth-order valence-corrected chi connectivity index (χ4v) is 4.50. The molecule has 174 valence electrons. The zero-order valence-electron chi connectivity index (χ0n) is 17.3. The van der Waals surface area contributed by atoms with Crippen molar-refractivity contribution in [1.29, 1.82) is 0 Å². The number of nitrogens with one attached hydrogen (secondary N) is 1. The molecule has 3 aromatic rings. The number of aromatic hydroxyl groups is 1. The molecule has 1 aromatic carbocycles. The highest BCUT2D eigenvalue weighted by atomic mass is 32.2. The van der Waals surface area contributed by atoms with Gasteiger partial charge in [0, 0.05) is 29.1 Å². The van der Waals surface area contributed by atoms with E-state index < -0.39 is 35.5 Å². The van der Waals surface area contributed by atoms with E-state index in [0.717, 1.165) is 34.4 Å². The summed E-state index contributed by atoms with van der Waals surface area (Å²) in [4.78, 5) is 24.7. The molecule has 1 amide bonds. The molecule has 4 heterocycles. The minimum atomic E-state index is -4.55. The second-order valence-electron chi connectivity index (χ2n) is 7.42. The molecule has 33 heavy (non-hydrogen) atoms. The van der Waals surface area contributed by atoms with Gasteiger partial charge in [0.15, 0.2) is 17.2 Å². The predicted octanol–water partition coefficient (Wildman–Crippen LogP) is 3.25. The Labute approximate surface area is 190 Å². The number of carbonyl (C=O) groups excluding carboxylic acids is 1. The van der Waals surface area contributed by atoms with Crippen LogP contribution in [0.5, 0.6) is 5.75 Å². The molecular weight excluding hydrogens is 461 g/mol. The number of carbonyl (C=O) groups is 1. The number of hydrogen-bond donors (Lipinski definition) is 2. The Morgan fingerprint density at radius 2 is 2.00 bits per heavy atom. The summed E-state index contributed by atoms with van der Waals surface area (Å²) in [6, 6.07) is 9.54. The summed E-state index contributed by atoms with van der Waals surface area (Å²) in [6.45, 7) is 0.190. The smallest absolute Gasteiger partial charge is 0.406 e. The number of rotatable bonds is 1. The Bertz CT molecular complexity index is 1260. The molecule has 2 aromatic heterocycles. The van der Waals surface area contributed by atoms with Crippen LogP contribution in [0.4, 0.5) is 13.2 Å². The molecule has 0 saturated heterocycles. The first-order chi connectivity index (χ1) is 15.6. The lowest BCUT2D eigenvalue weighted by atomic mass is 10.0. The standard InChI is InChI=1S/C12H11NOS.C9H8F3N3O3/c1-8-10-6-9-4-2-3-5-12(9)15-7-11(10)14-13-8;10-9(11,12)3-14-4-13-15-2-1-5(16)7(17)6(15)8(14)18/h2-5H,6-7H2,1H3;1-2,13,17H,3-4H2. The van der Waals surface area contributed by atoms with E-state index in [1.807, 2.05) is 18.7 Å². The molecule has 0 saturated carbocycles. The van der Waals surface area contributed by atoms with Crippen molar-refractivity contribution in [1.82, 2.24) is 14.7 Å². The average Bonchev–Trinajstić information content (AvgIpc) is 3.00. The summed E-state index contributed by atoms with van der Waals surface area (Å²) >= 11 is 1.83. The Morgan fingerprint density at radius 1 is 1.24 bits per heavy atom. The topological polar surface area (TPSA) is 101 Å². The van der Waals surface area contributed by atoms with Crippen LogP contribution in [0, 0.1) is 6.92 Å². The van der Waals surface area contributed by atoms with Crippen LogP contribution in [0.15, 0.2) is 50.7 Å². The number of aryl methyl sites for hydroxylation is 1. The quantitative estimate of drug-likeness (QED) is 0.552. The van der Waals surface area contributed by atoms with Crippen molar-refractivity contribution >= 4 is 17.7 Å². The molecule has 0 fully saturated rings. The van der Waals surface area contributed by atoms with Gasteiger partial charge in [0.25, 0.3) is 5.91 Å². The largest absolute Gasteiger partial charge is 0.502 e. The minimum absolute atomic E-state index is 0.367. The molecule has 2 aliphatic rings. The summed E-state index contributed by atoms with van der Waals surface area (Å²) < 4.78 is 43.0. The van der Waals surface area contributed by atoms with Crippen LogP contribution in [0.3, 0.4) is 0 Å². The maximum atomic E-state index is 12.2. The van der Waals surface area contributed by atoms with Gasteiger partial charge in [-0.25, -0.2) is 0 Å². The molecular formula is C21H19F3N4O4S. The third-order valence-electron chi connectivity index (χ3n) is 5.13. The van der Waals surface area contributed by atoms with Gasteiger partial charge in [-0.1, -0.05) is 23.4 Å². The Morgan fingerprint density at radius 3 is 2.76 bits per heavy atom. The average molecular weight is 480 g/mol. The van der Waals surface area contributed by atoms with Gasteiger partial charge in [-0.2, -0.15) is 13.2 Å². The second kappa shape index (κ2) is 8.85. The molecule has 0 aliphatic carbocycles. The van der Waals surface area contributed by atoms with Gasteiger partial charge in [-0.15, -0.1) is 11.8 Å². The molecule has 5 rings (SSSR count). The van der Waals surface area contributed by atoms with Gasteiger partial charge in [0.05, 0.1) is 11.4 Å². The first-order valence-corrected chi connectivity index (χ1v) is 10.8. The Kier molecular flexibility index (Phi) is 6.11. The number of benzene rings is 1. The highest BCUT2D eigenvalue weighted by molar-refractivity contribution is 7.98. The van der Waals surface area contributed by atoms with Crippen LogP contribution in [0.25, 0.3) is 0 Å². The molecule has 0 unspecified atom stereocenters. The fraction of sp³-hybridized carbons (Fsp3) is 0.286. The second-order valence-corrected chi connectivity index (χ2v) is 8.44. The molecule has 2 aliphatic heterocycles. The summed E-state index contributed by atoms with van der Waals surface area (Å²) in [7, 11) is 0. The molecule has 0 spiro atoms. The van der Waals surface area contributed by atoms with Gasteiger partial charge in [-0.05, 0) is 18.6 Å². The van der Waals surface area contributed by atoms with E-state index in [4.69, 9.17) is 4.52 Å². The van der Waals surface area contributed by atoms with E-state index in [1.165, 1.54) is 22.2 Å². The van der Waals surface area contributed by atoms with Gasteiger partial charge in [0.1, 0.15) is 13.2 Å². The molecule has 2 N–H and O–H groups in total. The van der Waals surface area contributed by atoms with Gasteiger partial charge >= 0.3 is 6.18 Å². The number of nitrogens with zero attached hydrogens (tertiary/aromatic N) is 3. The number of hydrogen-bond acceptors (Lipinski definition) is 7. The third-order valence-corrected chi connectivity index (χ3v) is 6.25. The highest BCUT2D eigenvalue weighted by Crippen LogP contribution is 2.34. The maximum Gasteiger partial charge on any atom is 0.406 e. The normalized spacial score (nSPS) is 14.8. The molecule has 12 heteroatoms. The van der Waals surface area contributed by atoms with E-state index in [0.29, 0.717) is 4.90 Å². The molecule has 0 bridgehead atoms. The number of fused-ring (bicyclic) bond motifs is 3. The molecule has 8 nitrogen and oxygen atoms in total. The fourth-order valence-electron chi connectivity index (χ4n) is 3.49. The first-order valence-electron chi connectivity index (χ1n) is 9.83. The van der Waals surface area contributed by atoms with Crippen LogP contribution >= 0.6 is 11.8 Å². The van der Waals surface area contributed by atoms with E-state index in [-0.39, 0.29) is 6.67 Å². The van der Waals surface area contributed by atoms with Crippen molar-refractivity contribution in [2.24, 2.45) is 0 Å². The summed E-state index contributed by atoms with van der Waals surface area (Å²) in [5, 5.41) is 13.5. The molecule has 0 radical (unpaired) electrons. The van der Waals surface area contributed by atoms with Crippen LogP contribution in [-0.2, 0) is 12.2 Å². The lowest BCUT2D eigenvalue weighted by molar-refractivity contribution is -0.140. The van der Waals surface area contributed by atoms with Crippen molar-refractivity contribution in [3.8, 4) is 5.75 Å². The van der Waals surface area contributed by atoms with Gasteiger partial charge < -0.3 is 20.0 Å². The van der Waals surface area contributed by atoms with Crippen LogP contribution in [0.1, 0.15) is 33.1 Å². The number of amides is 1. The zero-order valence-corrected chi connectivity index (χ0v) is 18.2. The van der Waals surface area contributed by atoms with Crippen molar-refractivity contribution < 1.29 is 27.6 Å². The van der Waals surface area contributed by atoms with Crippen LogP contribution in [-0.4, -0.2) is 45.1 Å². The number of pyridine rings is 1. The Balaban J connectivity index is 0.000000159. The first kappa shape index (κ1) is 22.8. The van der Waals surface area contributed by atoms with Crippen LogP contribution < -0.4 is 10.9 Å². The number of aromatic nitrogens is 2. The summed E-state index contributed by atoms with van der Waals surface area (Å²) in [6.07, 6.45) is -2.43. The number of thioether (sulfide) groups is 1. The molecule has 0 atom stereocenters. The van der Waals surface area contributed by atoms with E-state index in [9.17, 15) is 27.9 Å². The van der Waals surface area contributed by atoms with Crippen LogP contribution in [0.2, 0.25) is 0 Å². The lowest BCUT2D eigenvalue weighted by Gasteiger charge is -2.31. The minimum Gasteiger partial charge on any atom is -0.502 e. The predicted molar refractivity (Wildman–Crippen MR) is 114 cm³/mol. The van der Waals surface area contributed by atoms with Crippen molar-refractivity contribution in [2.75, 3.05) is 18.6 Å². The Hall–Kier alpha value is -3.41. The highest BCUT2D eigenvalue weighted by Gasteiger charge is 2.37. The SMILES string of the molecule is Cc1noc2c1Cc1ccccc1SC2.O=C1c2c(O)c(=O)ccn2NCN1CC(F)(F)F. The maximum absolute atomic E-state index is 12.2. The van der Waals surface area contributed by atoms with Crippen molar-refractivity contribution in [3.05, 3.63) is 75.0 Å². The number of halogens is 3. The lowest BCUT2D eigenvalue weighted by Crippen LogP contribution is -2.49. The zero-order chi connectivity index (χ0) is 23.8. The van der Waals surface area contributed by atoms with E-state index in [2.05, 4.69) is 34.8 Å².